The number of ether oxygens (including phenoxy) is 1. The van der Waals surface area contributed by atoms with Crippen LogP contribution in [-0.4, -0.2) is 29.2 Å². The van der Waals surface area contributed by atoms with Crippen molar-refractivity contribution in [3.8, 4) is 11.1 Å². The standard InChI is InChI=1S/C17H16FN3OS/c18-12-5-3-11(4-6-12)14-9-23-17-15(14)16(20-10-21-17)19-8-13-2-1-7-22-13/h3-6,9-10,13H,1-2,7-8H2,(H,19,20,21)/t13-/m0/s1. The molecule has 0 aliphatic carbocycles. The van der Waals surface area contributed by atoms with Gasteiger partial charge in [-0.05, 0) is 30.5 Å². The molecule has 0 unspecified atom stereocenters. The summed E-state index contributed by atoms with van der Waals surface area (Å²) in [6, 6.07) is 6.52. The van der Waals surface area contributed by atoms with Crippen LogP contribution in [0, 0.1) is 5.82 Å². The minimum Gasteiger partial charge on any atom is -0.376 e. The Labute approximate surface area is 137 Å². The number of rotatable bonds is 4. The summed E-state index contributed by atoms with van der Waals surface area (Å²) in [6.07, 6.45) is 4.01. The Morgan fingerprint density at radius 3 is 2.91 bits per heavy atom. The van der Waals surface area contributed by atoms with Crippen LogP contribution < -0.4 is 5.32 Å². The summed E-state index contributed by atoms with van der Waals surface area (Å²) in [5.74, 6) is 0.576. The first-order valence-corrected chi connectivity index (χ1v) is 8.53. The van der Waals surface area contributed by atoms with Crippen molar-refractivity contribution in [2.24, 2.45) is 0 Å². The van der Waals surface area contributed by atoms with Crippen molar-refractivity contribution in [1.82, 2.24) is 9.97 Å². The van der Waals surface area contributed by atoms with Crippen molar-refractivity contribution in [3.05, 3.63) is 41.8 Å². The van der Waals surface area contributed by atoms with E-state index in [0.717, 1.165) is 53.2 Å². The highest BCUT2D eigenvalue weighted by atomic mass is 32.1. The lowest BCUT2D eigenvalue weighted by atomic mass is 10.1. The van der Waals surface area contributed by atoms with Crippen LogP contribution >= 0.6 is 11.3 Å². The van der Waals surface area contributed by atoms with E-state index in [4.69, 9.17) is 4.74 Å². The summed E-state index contributed by atoms with van der Waals surface area (Å²) in [5, 5.41) is 6.43. The number of anilines is 1. The van der Waals surface area contributed by atoms with Gasteiger partial charge in [-0.15, -0.1) is 11.3 Å². The molecule has 1 aliphatic heterocycles. The molecule has 0 spiro atoms. The summed E-state index contributed by atoms with van der Waals surface area (Å²) in [5.41, 5.74) is 1.99. The first-order chi connectivity index (χ1) is 11.3. The Kier molecular flexibility index (Phi) is 3.93. The Morgan fingerprint density at radius 2 is 2.13 bits per heavy atom. The van der Waals surface area contributed by atoms with Crippen LogP contribution in [0.2, 0.25) is 0 Å². The van der Waals surface area contributed by atoms with Gasteiger partial charge in [-0.1, -0.05) is 12.1 Å². The molecule has 23 heavy (non-hydrogen) atoms. The number of aromatic nitrogens is 2. The molecule has 4 rings (SSSR count). The molecule has 1 aliphatic rings. The quantitative estimate of drug-likeness (QED) is 0.783. The average Bonchev–Trinajstić information content (AvgIpc) is 3.23. The molecule has 0 radical (unpaired) electrons. The molecule has 3 aromatic rings. The van der Waals surface area contributed by atoms with E-state index in [1.807, 2.05) is 5.38 Å². The van der Waals surface area contributed by atoms with Crippen molar-refractivity contribution in [2.75, 3.05) is 18.5 Å². The maximum atomic E-state index is 13.2. The molecule has 6 heteroatoms. The lowest BCUT2D eigenvalue weighted by Gasteiger charge is -2.12. The third kappa shape index (κ3) is 2.92. The average molecular weight is 329 g/mol. The monoisotopic (exact) mass is 329 g/mol. The van der Waals surface area contributed by atoms with Gasteiger partial charge in [0.15, 0.2) is 0 Å². The molecular weight excluding hydrogens is 313 g/mol. The Morgan fingerprint density at radius 1 is 1.26 bits per heavy atom. The molecule has 0 amide bonds. The molecule has 0 bridgehead atoms. The van der Waals surface area contributed by atoms with Gasteiger partial charge in [0.25, 0.3) is 0 Å². The number of hydrogen-bond acceptors (Lipinski definition) is 5. The van der Waals surface area contributed by atoms with E-state index in [2.05, 4.69) is 15.3 Å². The molecule has 4 nitrogen and oxygen atoms in total. The van der Waals surface area contributed by atoms with Crippen LogP contribution in [0.15, 0.2) is 36.0 Å². The second-order valence-electron chi connectivity index (χ2n) is 5.57. The van der Waals surface area contributed by atoms with Gasteiger partial charge in [0.2, 0.25) is 0 Å². The summed E-state index contributed by atoms with van der Waals surface area (Å²) < 4.78 is 18.8. The highest BCUT2D eigenvalue weighted by Gasteiger charge is 2.17. The summed E-state index contributed by atoms with van der Waals surface area (Å²) in [4.78, 5) is 9.67. The van der Waals surface area contributed by atoms with Crippen LogP contribution in [0.1, 0.15) is 12.8 Å². The fourth-order valence-electron chi connectivity index (χ4n) is 2.87. The second-order valence-corrected chi connectivity index (χ2v) is 6.43. The molecular formula is C17H16FN3OS. The molecule has 2 aromatic heterocycles. The van der Waals surface area contributed by atoms with Crippen LogP contribution in [-0.2, 0) is 4.74 Å². The molecule has 0 saturated carbocycles. The first-order valence-electron chi connectivity index (χ1n) is 7.65. The SMILES string of the molecule is Fc1ccc(-c2csc3ncnc(NC[C@@H]4CCCO4)c23)cc1. The largest absolute Gasteiger partial charge is 0.376 e. The number of nitrogens with one attached hydrogen (secondary N) is 1. The van der Waals surface area contributed by atoms with Gasteiger partial charge in [0, 0.05) is 24.1 Å². The summed E-state index contributed by atoms with van der Waals surface area (Å²) in [6.45, 7) is 1.58. The summed E-state index contributed by atoms with van der Waals surface area (Å²) in [7, 11) is 0. The predicted octanol–water partition coefficient (Wildman–Crippen LogP) is 4.09. The van der Waals surface area contributed by atoms with E-state index in [9.17, 15) is 4.39 Å². The zero-order valence-corrected chi connectivity index (χ0v) is 13.3. The van der Waals surface area contributed by atoms with Crippen LogP contribution in [0.3, 0.4) is 0 Å². The zero-order chi connectivity index (χ0) is 15.6. The minimum absolute atomic E-state index is 0.235. The highest BCUT2D eigenvalue weighted by molar-refractivity contribution is 7.17. The summed E-state index contributed by atoms with van der Waals surface area (Å²) >= 11 is 1.57. The molecule has 3 heterocycles. The van der Waals surface area contributed by atoms with E-state index < -0.39 is 0 Å². The predicted molar refractivity (Wildman–Crippen MR) is 90.3 cm³/mol. The van der Waals surface area contributed by atoms with E-state index in [1.54, 1.807) is 29.8 Å². The third-order valence-corrected chi connectivity index (χ3v) is 4.93. The third-order valence-electron chi connectivity index (χ3n) is 4.05. The fourth-order valence-corrected chi connectivity index (χ4v) is 3.78. The number of halogens is 1. The Hall–Kier alpha value is -2.05. The molecule has 1 saturated heterocycles. The Balaban J connectivity index is 1.69. The van der Waals surface area contributed by atoms with Gasteiger partial charge >= 0.3 is 0 Å². The second kappa shape index (κ2) is 6.22. The molecule has 118 valence electrons. The maximum Gasteiger partial charge on any atom is 0.138 e. The molecule has 1 atom stereocenters. The van der Waals surface area contributed by atoms with Gasteiger partial charge in [0.1, 0.15) is 22.8 Å². The van der Waals surface area contributed by atoms with Crippen molar-refractivity contribution in [2.45, 2.75) is 18.9 Å². The topological polar surface area (TPSA) is 47.0 Å². The van der Waals surface area contributed by atoms with Crippen molar-refractivity contribution >= 4 is 27.4 Å². The number of hydrogen-bond donors (Lipinski definition) is 1. The van der Waals surface area contributed by atoms with E-state index in [0.29, 0.717) is 0 Å². The number of thiophene rings is 1. The van der Waals surface area contributed by atoms with Crippen LogP contribution in [0.25, 0.3) is 21.3 Å². The highest BCUT2D eigenvalue weighted by Crippen LogP contribution is 2.36. The fraction of sp³-hybridized carbons (Fsp3) is 0.294. The van der Waals surface area contributed by atoms with Gasteiger partial charge < -0.3 is 10.1 Å². The van der Waals surface area contributed by atoms with Crippen molar-refractivity contribution in [3.63, 3.8) is 0 Å². The van der Waals surface area contributed by atoms with Crippen molar-refractivity contribution < 1.29 is 9.13 Å². The van der Waals surface area contributed by atoms with Gasteiger partial charge in [-0.2, -0.15) is 0 Å². The number of fused-ring (bicyclic) bond motifs is 1. The van der Waals surface area contributed by atoms with E-state index in [1.165, 1.54) is 12.1 Å². The van der Waals surface area contributed by atoms with E-state index >= 15 is 0 Å². The van der Waals surface area contributed by atoms with Gasteiger partial charge in [-0.3, -0.25) is 0 Å². The zero-order valence-electron chi connectivity index (χ0n) is 12.5. The first kappa shape index (κ1) is 14.5. The lowest BCUT2D eigenvalue weighted by molar-refractivity contribution is 0.120. The number of benzene rings is 1. The number of nitrogens with zero attached hydrogens (tertiary/aromatic N) is 2. The normalized spacial score (nSPS) is 17.7. The minimum atomic E-state index is -0.235. The molecule has 1 N–H and O–H groups in total. The maximum absolute atomic E-state index is 13.2. The molecule has 1 aromatic carbocycles. The van der Waals surface area contributed by atoms with Gasteiger partial charge in [0.05, 0.1) is 11.5 Å². The van der Waals surface area contributed by atoms with E-state index in [-0.39, 0.29) is 11.9 Å². The van der Waals surface area contributed by atoms with Crippen molar-refractivity contribution in [1.29, 1.82) is 0 Å². The Bertz CT molecular complexity index is 812. The smallest absolute Gasteiger partial charge is 0.138 e. The molecule has 1 fully saturated rings. The van der Waals surface area contributed by atoms with Crippen LogP contribution in [0.4, 0.5) is 10.2 Å². The van der Waals surface area contributed by atoms with Crippen LogP contribution in [0.5, 0.6) is 0 Å². The lowest BCUT2D eigenvalue weighted by Crippen LogP contribution is -2.19. The van der Waals surface area contributed by atoms with Gasteiger partial charge in [-0.25, -0.2) is 14.4 Å².